The van der Waals surface area contributed by atoms with E-state index >= 15 is 0 Å². The number of amides is 2. The fourth-order valence-corrected chi connectivity index (χ4v) is 2.31. The van der Waals surface area contributed by atoms with Crippen LogP contribution >= 0.6 is 0 Å². The molecule has 0 saturated carbocycles. The van der Waals surface area contributed by atoms with Gasteiger partial charge in [0, 0.05) is 18.7 Å². The van der Waals surface area contributed by atoms with Gasteiger partial charge in [-0.2, -0.15) is 0 Å². The van der Waals surface area contributed by atoms with Crippen LogP contribution in [0.1, 0.15) is 30.2 Å². The second kappa shape index (κ2) is 8.28. The highest BCUT2D eigenvalue weighted by atomic mass is 16.2. The molecular formula is C19H23N3O3. The van der Waals surface area contributed by atoms with Crippen LogP contribution in [0.5, 0.6) is 0 Å². The summed E-state index contributed by atoms with van der Waals surface area (Å²) in [6.45, 7) is 5.77. The molecule has 1 aromatic carbocycles. The molecule has 2 aromatic rings. The Kier molecular flexibility index (Phi) is 6.11. The number of nitrogens with one attached hydrogen (secondary N) is 2. The summed E-state index contributed by atoms with van der Waals surface area (Å²) in [5, 5.41) is 5.37. The van der Waals surface area contributed by atoms with Crippen LogP contribution in [-0.2, 0) is 22.7 Å². The van der Waals surface area contributed by atoms with Crippen molar-refractivity contribution >= 4 is 17.5 Å². The van der Waals surface area contributed by atoms with Crippen LogP contribution < -0.4 is 16.2 Å². The maximum absolute atomic E-state index is 12.5. The highest BCUT2D eigenvalue weighted by Crippen LogP contribution is 2.05. The first-order chi connectivity index (χ1) is 11.9. The van der Waals surface area contributed by atoms with Crippen LogP contribution in [0.3, 0.4) is 0 Å². The topological polar surface area (TPSA) is 80.2 Å². The molecule has 0 aliphatic heterocycles. The lowest BCUT2D eigenvalue weighted by atomic mass is 10.1. The van der Waals surface area contributed by atoms with E-state index in [1.807, 2.05) is 31.2 Å². The molecule has 0 saturated heterocycles. The number of aryl methyl sites for hydroxylation is 2. The molecule has 2 rings (SSSR count). The van der Waals surface area contributed by atoms with Crippen molar-refractivity contribution in [2.45, 2.75) is 40.3 Å². The molecule has 132 valence electrons. The van der Waals surface area contributed by atoms with E-state index in [1.54, 1.807) is 26.0 Å². The number of aromatic nitrogens is 1. The first-order valence-electron chi connectivity index (χ1n) is 8.23. The average molecular weight is 341 g/mol. The van der Waals surface area contributed by atoms with Gasteiger partial charge in [0.25, 0.3) is 5.56 Å². The lowest BCUT2D eigenvalue weighted by molar-refractivity contribution is -0.122. The van der Waals surface area contributed by atoms with Crippen molar-refractivity contribution in [3.63, 3.8) is 0 Å². The van der Waals surface area contributed by atoms with E-state index < -0.39 is 0 Å². The largest absolute Gasteiger partial charge is 0.350 e. The normalized spacial score (nSPS) is 10.4. The molecule has 0 fully saturated rings. The smallest absolute Gasteiger partial charge is 0.274 e. The SMILES string of the molecule is CCC(=O)Nc1ccc(C)n(CC(=O)NCc2ccc(C)cc2)c1=O. The van der Waals surface area contributed by atoms with Crippen LogP contribution in [0.4, 0.5) is 5.69 Å². The Balaban J connectivity index is 2.06. The van der Waals surface area contributed by atoms with Crippen molar-refractivity contribution in [1.29, 1.82) is 0 Å². The number of hydrogen-bond acceptors (Lipinski definition) is 3. The van der Waals surface area contributed by atoms with E-state index in [0.29, 0.717) is 12.2 Å². The van der Waals surface area contributed by atoms with E-state index in [2.05, 4.69) is 10.6 Å². The molecule has 6 heteroatoms. The number of pyridine rings is 1. The number of nitrogens with zero attached hydrogens (tertiary/aromatic N) is 1. The molecule has 1 aromatic heterocycles. The Labute approximate surface area is 146 Å². The summed E-state index contributed by atoms with van der Waals surface area (Å²) in [4.78, 5) is 36.1. The minimum atomic E-state index is -0.382. The fourth-order valence-electron chi connectivity index (χ4n) is 2.31. The molecule has 2 amide bonds. The number of carbonyl (C=O) groups is 2. The molecule has 0 aliphatic carbocycles. The molecule has 2 N–H and O–H groups in total. The van der Waals surface area contributed by atoms with Crippen LogP contribution in [0, 0.1) is 13.8 Å². The molecule has 0 aliphatic rings. The van der Waals surface area contributed by atoms with Gasteiger partial charge in [0.15, 0.2) is 0 Å². The zero-order valence-electron chi connectivity index (χ0n) is 14.8. The minimum Gasteiger partial charge on any atom is -0.350 e. The molecule has 6 nitrogen and oxygen atoms in total. The highest BCUT2D eigenvalue weighted by molar-refractivity contribution is 5.90. The maximum Gasteiger partial charge on any atom is 0.274 e. The molecular weight excluding hydrogens is 318 g/mol. The molecule has 0 atom stereocenters. The minimum absolute atomic E-state index is 0.0909. The summed E-state index contributed by atoms with van der Waals surface area (Å²) in [6, 6.07) is 11.1. The van der Waals surface area contributed by atoms with Gasteiger partial charge in [-0.3, -0.25) is 14.4 Å². The Morgan fingerprint density at radius 1 is 1.00 bits per heavy atom. The standard InChI is InChI=1S/C19H23N3O3/c1-4-17(23)21-16-10-7-14(3)22(19(16)25)12-18(24)20-11-15-8-5-13(2)6-9-15/h5-10H,4,11-12H2,1-3H3,(H,20,24)(H,21,23). The third-order valence-electron chi connectivity index (χ3n) is 3.90. The van der Waals surface area contributed by atoms with Gasteiger partial charge in [-0.1, -0.05) is 36.8 Å². The molecule has 0 spiro atoms. The Morgan fingerprint density at radius 3 is 2.32 bits per heavy atom. The van der Waals surface area contributed by atoms with E-state index in [4.69, 9.17) is 0 Å². The number of carbonyl (C=O) groups excluding carboxylic acids is 2. The van der Waals surface area contributed by atoms with Gasteiger partial charge in [-0.15, -0.1) is 0 Å². The maximum atomic E-state index is 12.5. The third kappa shape index (κ3) is 5.04. The second-order valence-electron chi connectivity index (χ2n) is 5.94. The van der Waals surface area contributed by atoms with Gasteiger partial charge < -0.3 is 15.2 Å². The summed E-state index contributed by atoms with van der Waals surface area (Å²) in [5.41, 5.74) is 2.61. The average Bonchev–Trinajstić information content (AvgIpc) is 2.60. The van der Waals surface area contributed by atoms with Crippen molar-refractivity contribution in [2.24, 2.45) is 0 Å². The zero-order chi connectivity index (χ0) is 18.4. The van der Waals surface area contributed by atoms with Crippen molar-refractivity contribution in [1.82, 2.24) is 9.88 Å². The quantitative estimate of drug-likeness (QED) is 0.845. The third-order valence-corrected chi connectivity index (χ3v) is 3.90. The lowest BCUT2D eigenvalue weighted by Crippen LogP contribution is -2.34. The van der Waals surface area contributed by atoms with E-state index in [-0.39, 0.29) is 36.0 Å². The monoisotopic (exact) mass is 341 g/mol. The number of rotatable bonds is 6. The Hall–Kier alpha value is -2.89. The lowest BCUT2D eigenvalue weighted by Gasteiger charge is -2.13. The molecule has 0 radical (unpaired) electrons. The van der Waals surface area contributed by atoms with Gasteiger partial charge in [0.05, 0.1) is 0 Å². The van der Waals surface area contributed by atoms with Gasteiger partial charge >= 0.3 is 0 Å². The highest BCUT2D eigenvalue weighted by Gasteiger charge is 2.11. The molecule has 1 heterocycles. The first-order valence-corrected chi connectivity index (χ1v) is 8.23. The molecule has 25 heavy (non-hydrogen) atoms. The van der Waals surface area contributed by atoms with Crippen LogP contribution in [0.2, 0.25) is 0 Å². The van der Waals surface area contributed by atoms with Crippen LogP contribution in [0.15, 0.2) is 41.2 Å². The summed E-state index contributed by atoms with van der Waals surface area (Å²) >= 11 is 0. The van der Waals surface area contributed by atoms with Crippen molar-refractivity contribution < 1.29 is 9.59 Å². The summed E-state index contributed by atoms with van der Waals surface area (Å²) in [7, 11) is 0. The first kappa shape index (κ1) is 18.4. The summed E-state index contributed by atoms with van der Waals surface area (Å²) in [5.74, 6) is -0.499. The number of hydrogen-bond donors (Lipinski definition) is 2. The summed E-state index contributed by atoms with van der Waals surface area (Å²) in [6.07, 6.45) is 0.282. The van der Waals surface area contributed by atoms with Crippen LogP contribution in [0.25, 0.3) is 0 Å². The molecule has 0 bridgehead atoms. The van der Waals surface area contributed by atoms with Crippen molar-refractivity contribution in [3.05, 3.63) is 63.6 Å². The van der Waals surface area contributed by atoms with Gasteiger partial charge in [0.2, 0.25) is 11.8 Å². The van der Waals surface area contributed by atoms with Crippen molar-refractivity contribution in [2.75, 3.05) is 5.32 Å². The fraction of sp³-hybridized carbons (Fsp3) is 0.316. The Morgan fingerprint density at radius 2 is 1.68 bits per heavy atom. The Bertz CT molecular complexity index is 823. The van der Waals surface area contributed by atoms with Gasteiger partial charge in [0.1, 0.15) is 12.2 Å². The predicted molar refractivity (Wildman–Crippen MR) is 97.4 cm³/mol. The predicted octanol–water partition coefficient (Wildman–Crippen LogP) is 2.13. The van der Waals surface area contributed by atoms with Crippen molar-refractivity contribution in [3.8, 4) is 0 Å². The van der Waals surface area contributed by atoms with Gasteiger partial charge in [-0.05, 0) is 31.5 Å². The van der Waals surface area contributed by atoms with E-state index in [1.165, 1.54) is 4.57 Å². The molecule has 0 unspecified atom stereocenters. The van der Waals surface area contributed by atoms with Gasteiger partial charge in [-0.25, -0.2) is 0 Å². The van der Waals surface area contributed by atoms with Crippen LogP contribution in [-0.4, -0.2) is 16.4 Å². The number of anilines is 1. The summed E-state index contributed by atoms with van der Waals surface area (Å²) < 4.78 is 1.36. The second-order valence-corrected chi connectivity index (χ2v) is 5.94. The number of benzene rings is 1. The van der Waals surface area contributed by atoms with E-state index in [0.717, 1.165) is 11.1 Å². The zero-order valence-corrected chi connectivity index (χ0v) is 14.8. The van der Waals surface area contributed by atoms with E-state index in [9.17, 15) is 14.4 Å².